The molecule has 0 amide bonds. The van der Waals surface area contributed by atoms with Crippen molar-refractivity contribution < 1.29 is 14.9 Å². The van der Waals surface area contributed by atoms with Crippen LogP contribution in [0.2, 0.25) is 10.0 Å². The van der Waals surface area contributed by atoms with E-state index in [9.17, 15) is 10.2 Å². The van der Waals surface area contributed by atoms with Crippen LogP contribution in [0.5, 0.6) is 0 Å². The Morgan fingerprint density at radius 2 is 2.00 bits per heavy atom. The molecule has 0 radical (unpaired) electrons. The van der Waals surface area contributed by atoms with E-state index < -0.39 is 17.8 Å². The summed E-state index contributed by atoms with van der Waals surface area (Å²) in [7, 11) is 0. The van der Waals surface area contributed by atoms with E-state index >= 15 is 0 Å². The highest BCUT2D eigenvalue weighted by atomic mass is 35.5. The third-order valence-corrected chi connectivity index (χ3v) is 4.89. The van der Waals surface area contributed by atoms with E-state index in [0.29, 0.717) is 54.8 Å². The number of aliphatic hydroxyl groups is 2. The van der Waals surface area contributed by atoms with Crippen molar-refractivity contribution in [2.24, 2.45) is 0 Å². The van der Waals surface area contributed by atoms with Crippen molar-refractivity contribution in [3.05, 3.63) is 22.3 Å². The lowest BCUT2D eigenvalue weighted by Gasteiger charge is -2.48. The third-order valence-electron chi connectivity index (χ3n) is 4.40. The van der Waals surface area contributed by atoms with Crippen LogP contribution in [0, 0.1) is 0 Å². The molecule has 7 heteroatoms. The standard InChI is InChI=1S/C14H18Cl2N2O3/c15-9-7-10(16)13(17-8-9)18-4-2-14(3-5-18)12(20)11(19)1-6-21-14/h7-8,11-12,19-20H,1-6H2/t11-,12-/m0/s1. The Bertz CT molecular complexity index is 521. The SMILES string of the molecule is O[C@H]1CCOC2(CCN(c3ncc(Cl)cc3Cl)CC2)[C@H]1O. The minimum Gasteiger partial charge on any atom is -0.390 e. The second-order valence-electron chi connectivity index (χ2n) is 5.66. The van der Waals surface area contributed by atoms with Crippen LogP contribution in [-0.2, 0) is 4.74 Å². The average Bonchev–Trinajstić information content (AvgIpc) is 2.46. The summed E-state index contributed by atoms with van der Waals surface area (Å²) in [4.78, 5) is 6.33. The summed E-state index contributed by atoms with van der Waals surface area (Å²) in [5.41, 5.74) is -0.646. The minimum atomic E-state index is -0.831. The number of aliphatic hydroxyl groups excluding tert-OH is 2. The molecule has 3 rings (SSSR count). The maximum absolute atomic E-state index is 10.2. The van der Waals surface area contributed by atoms with E-state index in [1.54, 1.807) is 12.3 Å². The lowest BCUT2D eigenvalue weighted by Crippen LogP contribution is -2.60. The lowest BCUT2D eigenvalue weighted by atomic mass is 9.80. The summed E-state index contributed by atoms with van der Waals surface area (Å²) in [5.74, 6) is 0.696. The van der Waals surface area contributed by atoms with Crippen LogP contribution >= 0.6 is 23.2 Å². The Morgan fingerprint density at radius 1 is 1.29 bits per heavy atom. The number of pyridine rings is 1. The number of hydrogen-bond acceptors (Lipinski definition) is 5. The van der Waals surface area contributed by atoms with Crippen molar-refractivity contribution in [1.82, 2.24) is 4.98 Å². The minimum absolute atomic E-state index is 0.483. The van der Waals surface area contributed by atoms with Gasteiger partial charge in [0.1, 0.15) is 11.9 Å². The Hall–Kier alpha value is -0.590. The molecule has 2 N–H and O–H groups in total. The highest BCUT2D eigenvalue weighted by molar-refractivity contribution is 6.36. The van der Waals surface area contributed by atoms with Crippen molar-refractivity contribution >= 4 is 29.0 Å². The molecule has 2 aliphatic rings. The molecule has 2 fully saturated rings. The monoisotopic (exact) mass is 332 g/mol. The van der Waals surface area contributed by atoms with Gasteiger partial charge in [-0.1, -0.05) is 23.2 Å². The van der Waals surface area contributed by atoms with Crippen LogP contribution in [0.25, 0.3) is 0 Å². The van der Waals surface area contributed by atoms with Gasteiger partial charge in [0, 0.05) is 19.3 Å². The summed E-state index contributed by atoms with van der Waals surface area (Å²) in [6, 6.07) is 1.67. The van der Waals surface area contributed by atoms with E-state index in [0.717, 1.165) is 0 Å². The molecule has 2 aliphatic heterocycles. The predicted molar refractivity (Wildman–Crippen MR) is 81.0 cm³/mol. The molecule has 0 saturated carbocycles. The molecular weight excluding hydrogens is 315 g/mol. The number of halogens is 2. The Labute approximate surface area is 133 Å². The molecule has 0 aliphatic carbocycles. The molecule has 2 saturated heterocycles. The first-order chi connectivity index (χ1) is 10.0. The molecule has 0 unspecified atom stereocenters. The van der Waals surface area contributed by atoms with E-state index in [4.69, 9.17) is 27.9 Å². The number of rotatable bonds is 1. The molecule has 116 valence electrons. The Morgan fingerprint density at radius 3 is 2.67 bits per heavy atom. The number of nitrogens with zero attached hydrogens (tertiary/aromatic N) is 2. The first-order valence-corrected chi connectivity index (χ1v) is 7.83. The molecule has 3 heterocycles. The van der Waals surface area contributed by atoms with Gasteiger partial charge in [-0.2, -0.15) is 0 Å². The molecule has 1 aromatic rings. The Balaban J connectivity index is 1.72. The van der Waals surface area contributed by atoms with Crippen LogP contribution in [0.1, 0.15) is 19.3 Å². The normalized spacial score (nSPS) is 28.9. The van der Waals surface area contributed by atoms with Gasteiger partial charge in [0.15, 0.2) is 0 Å². The molecule has 21 heavy (non-hydrogen) atoms. The fraction of sp³-hybridized carbons (Fsp3) is 0.643. The van der Waals surface area contributed by atoms with Crippen molar-refractivity contribution in [2.75, 3.05) is 24.6 Å². The van der Waals surface area contributed by atoms with Gasteiger partial charge in [0.2, 0.25) is 0 Å². The van der Waals surface area contributed by atoms with Crippen LogP contribution in [0.15, 0.2) is 12.3 Å². The quantitative estimate of drug-likeness (QED) is 0.821. The van der Waals surface area contributed by atoms with Crippen molar-refractivity contribution in [2.45, 2.75) is 37.1 Å². The molecule has 2 atom stereocenters. The van der Waals surface area contributed by atoms with Crippen LogP contribution in [-0.4, -0.2) is 52.7 Å². The zero-order valence-corrected chi connectivity index (χ0v) is 13.0. The fourth-order valence-corrected chi connectivity index (χ4v) is 3.65. The molecule has 1 aromatic heterocycles. The van der Waals surface area contributed by atoms with E-state index in [2.05, 4.69) is 9.88 Å². The summed E-state index contributed by atoms with van der Waals surface area (Å²) in [5, 5.41) is 21.1. The van der Waals surface area contributed by atoms with Gasteiger partial charge in [-0.15, -0.1) is 0 Å². The van der Waals surface area contributed by atoms with Gasteiger partial charge in [-0.25, -0.2) is 4.98 Å². The highest BCUT2D eigenvalue weighted by Gasteiger charge is 2.47. The van der Waals surface area contributed by atoms with E-state index in [-0.39, 0.29) is 0 Å². The second-order valence-corrected chi connectivity index (χ2v) is 6.50. The summed E-state index contributed by atoms with van der Waals surface area (Å²) in [6.45, 7) is 1.81. The first kappa shape index (κ1) is 15.3. The zero-order chi connectivity index (χ0) is 15.0. The number of hydrogen-bond donors (Lipinski definition) is 2. The maximum atomic E-state index is 10.2. The molecular formula is C14H18Cl2N2O3. The highest BCUT2D eigenvalue weighted by Crippen LogP contribution is 2.37. The zero-order valence-electron chi connectivity index (χ0n) is 11.5. The number of piperidine rings is 1. The van der Waals surface area contributed by atoms with Crippen LogP contribution in [0.4, 0.5) is 5.82 Å². The maximum Gasteiger partial charge on any atom is 0.147 e. The molecule has 1 spiro atoms. The lowest BCUT2D eigenvalue weighted by molar-refractivity contribution is -0.205. The summed E-state index contributed by atoms with van der Waals surface area (Å²) in [6.07, 6.45) is 1.78. The molecule has 0 aromatic carbocycles. The summed E-state index contributed by atoms with van der Waals surface area (Å²) < 4.78 is 5.81. The predicted octanol–water partition coefficient (Wildman–Crippen LogP) is 1.87. The number of aromatic nitrogens is 1. The summed E-state index contributed by atoms with van der Waals surface area (Å²) >= 11 is 12.0. The third kappa shape index (κ3) is 2.85. The second kappa shape index (κ2) is 5.89. The van der Waals surface area contributed by atoms with Gasteiger partial charge in [0.25, 0.3) is 0 Å². The van der Waals surface area contributed by atoms with Crippen molar-refractivity contribution in [1.29, 1.82) is 0 Å². The van der Waals surface area contributed by atoms with Gasteiger partial charge >= 0.3 is 0 Å². The van der Waals surface area contributed by atoms with Crippen molar-refractivity contribution in [3.63, 3.8) is 0 Å². The molecule has 0 bridgehead atoms. The van der Waals surface area contributed by atoms with Crippen LogP contribution in [0.3, 0.4) is 0 Å². The van der Waals surface area contributed by atoms with Gasteiger partial charge in [-0.05, 0) is 25.3 Å². The van der Waals surface area contributed by atoms with E-state index in [1.165, 1.54) is 0 Å². The van der Waals surface area contributed by atoms with Gasteiger partial charge in [-0.3, -0.25) is 0 Å². The fourth-order valence-electron chi connectivity index (χ4n) is 3.15. The Kier molecular flexibility index (Phi) is 4.30. The van der Waals surface area contributed by atoms with Gasteiger partial charge < -0.3 is 19.8 Å². The largest absolute Gasteiger partial charge is 0.390 e. The average molecular weight is 333 g/mol. The first-order valence-electron chi connectivity index (χ1n) is 7.08. The topological polar surface area (TPSA) is 65.8 Å². The number of ether oxygens (including phenoxy) is 1. The van der Waals surface area contributed by atoms with Crippen LogP contribution < -0.4 is 4.90 Å². The van der Waals surface area contributed by atoms with Gasteiger partial charge in [0.05, 0.1) is 28.4 Å². The number of anilines is 1. The molecule has 5 nitrogen and oxygen atoms in total. The van der Waals surface area contributed by atoms with E-state index in [1.807, 2.05) is 0 Å². The smallest absolute Gasteiger partial charge is 0.147 e. The van der Waals surface area contributed by atoms with Crippen molar-refractivity contribution in [3.8, 4) is 0 Å².